The van der Waals surface area contributed by atoms with Crippen LogP contribution in [0.1, 0.15) is 36.6 Å². The van der Waals surface area contributed by atoms with Crippen molar-refractivity contribution in [3.63, 3.8) is 0 Å². The number of amides is 1. The number of nitrogens with one attached hydrogen (secondary N) is 1. The summed E-state index contributed by atoms with van der Waals surface area (Å²) in [6.45, 7) is 3.04. The number of carbonyl (C=O) groups excluding carboxylic acids is 1. The van der Waals surface area contributed by atoms with Crippen LogP contribution in [-0.2, 0) is 9.53 Å². The molecule has 2 unspecified atom stereocenters. The van der Waals surface area contributed by atoms with E-state index in [1.54, 1.807) is 11.3 Å². The van der Waals surface area contributed by atoms with Gasteiger partial charge >= 0.3 is 0 Å². The average molecular weight is 294 g/mol. The van der Waals surface area contributed by atoms with Gasteiger partial charge in [0.1, 0.15) is 0 Å². The predicted molar refractivity (Wildman–Crippen MR) is 79.9 cm³/mol. The van der Waals surface area contributed by atoms with Gasteiger partial charge in [0.05, 0.1) is 12.6 Å². The van der Waals surface area contributed by atoms with Crippen LogP contribution in [0.25, 0.3) is 0 Å². The summed E-state index contributed by atoms with van der Waals surface area (Å²) in [7, 11) is 0. The summed E-state index contributed by atoms with van der Waals surface area (Å²) in [5.41, 5.74) is 0. The number of carbonyl (C=O) groups is 1. The summed E-state index contributed by atoms with van der Waals surface area (Å²) in [6.07, 6.45) is 4.77. The molecular weight excluding hydrogens is 272 g/mol. The third-order valence-electron chi connectivity index (χ3n) is 4.13. The molecule has 1 aromatic heterocycles. The van der Waals surface area contributed by atoms with Crippen LogP contribution < -0.4 is 5.32 Å². The van der Waals surface area contributed by atoms with Crippen LogP contribution in [0, 0.1) is 0 Å². The van der Waals surface area contributed by atoms with Gasteiger partial charge in [0.15, 0.2) is 0 Å². The van der Waals surface area contributed by atoms with Crippen LogP contribution in [-0.4, -0.2) is 43.2 Å². The Morgan fingerprint density at radius 2 is 2.40 bits per heavy atom. The fourth-order valence-electron chi connectivity index (χ4n) is 3.09. The molecule has 4 nitrogen and oxygen atoms in total. The highest BCUT2D eigenvalue weighted by molar-refractivity contribution is 7.10. The van der Waals surface area contributed by atoms with E-state index in [4.69, 9.17) is 4.74 Å². The third kappa shape index (κ3) is 3.40. The molecule has 3 rings (SSSR count). The van der Waals surface area contributed by atoms with Crippen molar-refractivity contribution in [2.45, 2.75) is 37.8 Å². The SMILES string of the molecule is O=C(CN1CCCC1c1cccs1)NCC1CCCO1. The molecule has 110 valence electrons. The Balaban J connectivity index is 1.47. The summed E-state index contributed by atoms with van der Waals surface area (Å²) in [6, 6.07) is 4.70. The normalized spacial score (nSPS) is 27.0. The van der Waals surface area contributed by atoms with Crippen molar-refractivity contribution in [2.75, 3.05) is 26.2 Å². The van der Waals surface area contributed by atoms with E-state index < -0.39 is 0 Å². The zero-order chi connectivity index (χ0) is 13.8. The Hall–Kier alpha value is -0.910. The number of ether oxygens (including phenoxy) is 1. The maximum absolute atomic E-state index is 12.1. The molecule has 0 bridgehead atoms. The summed E-state index contributed by atoms with van der Waals surface area (Å²) >= 11 is 1.79. The lowest BCUT2D eigenvalue weighted by molar-refractivity contribution is -0.123. The summed E-state index contributed by atoms with van der Waals surface area (Å²) in [5.74, 6) is 0.129. The molecule has 2 fully saturated rings. The van der Waals surface area contributed by atoms with Gasteiger partial charge in [-0.25, -0.2) is 0 Å². The molecule has 0 radical (unpaired) electrons. The van der Waals surface area contributed by atoms with Crippen LogP contribution in [0.15, 0.2) is 17.5 Å². The van der Waals surface area contributed by atoms with Gasteiger partial charge in [-0.2, -0.15) is 0 Å². The van der Waals surface area contributed by atoms with Gasteiger partial charge in [0.2, 0.25) is 5.91 Å². The first kappa shape index (κ1) is 14.0. The van der Waals surface area contributed by atoms with Gasteiger partial charge < -0.3 is 10.1 Å². The molecule has 5 heteroatoms. The van der Waals surface area contributed by atoms with Crippen LogP contribution in [0.5, 0.6) is 0 Å². The van der Waals surface area contributed by atoms with Crippen molar-refractivity contribution < 1.29 is 9.53 Å². The van der Waals surface area contributed by atoms with Crippen molar-refractivity contribution in [1.29, 1.82) is 0 Å². The maximum atomic E-state index is 12.1. The molecule has 2 aliphatic heterocycles. The summed E-state index contributed by atoms with van der Waals surface area (Å²) in [4.78, 5) is 15.8. The maximum Gasteiger partial charge on any atom is 0.234 e. The van der Waals surface area contributed by atoms with Gasteiger partial charge in [-0.3, -0.25) is 9.69 Å². The standard InChI is InChI=1S/C15H22N2O2S/c18-15(16-10-12-4-2-8-19-12)11-17-7-1-5-13(17)14-6-3-9-20-14/h3,6,9,12-13H,1-2,4-5,7-8,10-11H2,(H,16,18). The lowest BCUT2D eigenvalue weighted by Crippen LogP contribution is -2.39. The molecule has 1 N–H and O–H groups in total. The van der Waals surface area contributed by atoms with Crippen molar-refractivity contribution in [3.8, 4) is 0 Å². The highest BCUT2D eigenvalue weighted by atomic mass is 32.1. The molecular formula is C15H22N2O2S. The van der Waals surface area contributed by atoms with E-state index in [0.717, 1.165) is 26.0 Å². The van der Waals surface area contributed by atoms with E-state index in [1.807, 2.05) is 0 Å². The van der Waals surface area contributed by atoms with Crippen molar-refractivity contribution in [1.82, 2.24) is 10.2 Å². The Kier molecular flexibility index (Phi) is 4.70. The minimum Gasteiger partial charge on any atom is -0.376 e. The number of hydrogen-bond acceptors (Lipinski definition) is 4. The van der Waals surface area contributed by atoms with Gasteiger partial charge in [-0.05, 0) is 43.7 Å². The minimum absolute atomic E-state index is 0.129. The highest BCUT2D eigenvalue weighted by Gasteiger charge is 2.28. The summed E-state index contributed by atoms with van der Waals surface area (Å²) in [5, 5.41) is 5.13. The average Bonchev–Trinajstić information content (AvgIpc) is 3.18. The van der Waals surface area contributed by atoms with E-state index in [9.17, 15) is 4.79 Å². The van der Waals surface area contributed by atoms with Gasteiger partial charge in [0, 0.05) is 24.1 Å². The molecule has 3 heterocycles. The first-order valence-corrected chi connectivity index (χ1v) is 8.36. The Labute approximate surface area is 124 Å². The molecule has 0 aliphatic carbocycles. The topological polar surface area (TPSA) is 41.6 Å². The van der Waals surface area contributed by atoms with Gasteiger partial charge in [0.25, 0.3) is 0 Å². The lowest BCUT2D eigenvalue weighted by atomic mass is 10.2. The van der Waals surface area contributed by atoms with Crippen LogP contribution in [0.4, 0.5) is 0 Å². The van der Waals surface area contributed by atoms with Crippen molar-refractivity contribution in [2.24, 2.45) is 0 Å². The second-order valence-corrected chi connectivity index (χ2v) is 6.56. The molecule has 1 amide bonds. The molecule has 0 aromatic carbocycles. The van der Waals surface area contributed by atoms with Crippen LogP contribution in [0.2, 0.25) is 0 Å². The Bertz CT molecular complexity index is 429. The molecule has 1 aromatic rings. The van der Waals surface area contributed by atoms with E-state index >= 15 is 0 Å². The highest BCUT2D eigenvalue weighted by Crippen LogP contribution is 2.33. The zero-order valence-corrected chi connectivity index (χ0v) is 12.5. The number of likely N-dealkylation sites (tertiary alicyclic amines) is 1. The molecule has 2 atom stereocenters. The second kappa shape index (κ2) is 6.70. The van der Waals surface area contributed by atoms with Crippen LogP contribution >= 0.6 is 11.3 Å². The van der Waals surface area contributed by atoms with E-state index in [1.165, 1.54) is 17.7 Å². The molecule has 20 heavy (non-hydrogen) atoms. The number of nitrogens with zero attached hydrogens (tertiary/aromatic N) is 1. The van der Waals surface area contributed by atoms with Crippen LogP contribution in [0.3, 0.4) is 0 Å². The number of thiophene rings is 1. The van der Waals surface area contributed by atoms with Crippen molar-refractivity contribution >= 4 is 17.2 Å². The monoisotopic (exact) mass is 294 g/mol. The van der Waals surface area contributed by atoms with Gasteiger partial charge in [-0.15, -0.1) is 11.3 Å². The second-order valence-electron chi connectivity index (χ2n) is 5.58. The fraction of sp³-hybridized carbons (Fsp3) is 0.667. The molecule has 2 aliphatic rings. The lowest BCUT2D eigenvalue weighted by Gasteiger charge is -2.23. The fourth-order valence-corrected chi connectivity index (χ4v) is 3.99. The smallest absolute Gasteiger partial charge is 0.234 e. The Morgan fingerprint density at radius 3 is 3.15 bits per heavy atom. The zero-order valence-electron chi connectivity index (χ0n) is 11.7. The predicted octanol–water partition coefficient (Wildman–Crippen LogP) is 2.18. The van der Waals surface area contributed by atoms with E-state index in [-0.39, 0.29) is 12.0 Å². The van der Waals surface area contributed by atoms with E-state index in [2.05, 4.69) is 27.7 Å². The molecule has 2 saturated heterocycles. The number of rotatable bonds is 5. The Morgan fingerprint density at radius 1 is 1.45 bits per heavy atom. The molecule has 0 saturated carbocycles. The third-order valence-corrected chi connectivity index (χ3v) is 5.11. The van der Waals surface area contributed by atoms with E-state index in [0.29, 0.717) is 19.1 Å². The largest absolute Gasteiger partial charge is 0.376 e. The first-order valence-electron chi connectivity index (χ1n) is 7.48. The number of hydrogen-bond donors (Lipinski definition) is 1. The minimum atomic E-state index is 0.129. The van der Waals surface area contributed by atoms with Gasteiger partial charge in [-0.1, -0.05) is 6.07 Å². The first-order chi connectivity index (χ1) is 9.83. The molecule has 0 spiro atoms. The van der Waals surface area contributed by atoms with Crippen molar-refractivity contribution in [3.05, 3.63) is 22.4 Å². The quantitative estimate of drug-likeness (QED) is 0.905. The summed E-state index contributed by atoms with van der Waals surface area (Å²) < 4.78 is 5.53.